The quantitative estimate of drug-likeness (QED) is 0.511. The molecule has 1 saturated carbocycles. The highest BCUT2D eigenvalue weighted by Gasteiger charge is 2.27. The molecule has 1 fully saturated rings. The zero-order valence-corrected chi connectivity index (χ0v) is 10.5. The van der Waals surface area contributed by atoms with E-state index in [1.807, 2.05) is 11.8 Å². The molecule has 0 aromatic carbocycles. The lowest BCUT2D eigenvalue weighted by Gasteiger charge is -2.21. The molecule has 0 unspecified atom stereocenters. The fourth-order valence-electron chi connectivity index (χ4n) is 1.50. The van der Waals surface area contributed by atoms with Gasteiger partial charge in [-0.05, 0) is 18.6 Å². The van der Waals surface area contributed by atoms with Gasteiger partial charge in [-0.15, -0.1) is 0 Å². The summed E-state index contributed by atoms with van der Waals surface area (Å²) in [6.45, 7) is 4.47. The molecule has 0 aromatic heterocycles. The molecule has 1 aliphatic rings. The Morgan fingerprint density at radius 2 is 2.21 bits per heavy atom. The van der Waals surface area contributed by atoms with E-state index in [9.17, 15) is 0 Å². The molecule has 82 valence electrons. The van der Waals surface area contributed by atoms with Crippen LogP contribution in [0.4, 0.5) is 0 Å². The van der Waals surface area contributed by atoms with E-state index in [-0.39, 0.29) is 0 Å². The predicted octanol–water partition coefficient (Wildman–Crippen LogP) is 1.88. The van der Waals surface area contributed by atoms with Crippen LogP contribution in [0.1, 0.15) is 26.2 Å². The van der Waals surface area contributed by atoms with Crippen LogP contribution in [0.5, 0.6) is 0 Å². The summed E-state index contributed by atoms with van der Waals surface area (Å²) >= 11 is 6.91. The van der Waals surface area contributed by atoms with Gasteiger partial charge in [-0.3, -0.25) is 4.90 Å². The van der Waals surface area contributed by atoms with E-state index < -0.39 is 0 Å². The molecule has 1 aliphatic carbocycles. The van der Waals surface area contributed by atoms with Crippen LogP contribution in [0, 0.1) is 0 Å². The number of hydrogen-bond acceptors (Lipinski definition) is 3. The summed E-state index contributed by atoms with van der Waals surface area (Å²) in [6.07, 6.45) is 3.62. The monoisotopic (exact) mass is 232 g/mol. The minimum atomic E-state index is 0.652. The van der Waals surface area contributed by atoms with Crippen molar-refractivity contribution in [1.82, 2.24) is 4.90 Å². The molecule has 0 amide bonds. The fourth-order valence-corrected chi connectivity index (χ4v) is 2.24. The highest BCUT2D eigenvalue weighted by Crippen LogP contribution is 2.26. The van der Waals surface area contributed by atoms with Crippen LogP contribution in [0.2, 0.25) is 0 Å². The third-order valence-corrected chi connectivity index (χ3v) is 3.52. The second-order valence-electron chi connectivity index (χ2n) is 3.68. The lowest BCUT2D eigenvalue weighted by atomic mass is 10.3. The molecular formula is C10H20N2S2. The highest BCUT2D eigenvalue weighted by atomic mass is 32.2. The normalized spacial score (nSPS) is 16.1. The average Bonchev–Trinajstić information content (AvgIpc) is 2.94. The van der Waals surface area contributed by atoms with Crippen molar-refractivity contribution >= 4 is 29.0 Å². The number of nitrogens with two attached hydrogens (primary N) is 1. The topological polar surface area (TPSA) is 29.3 Å². The van der Waals surface area contributed by atoms with Crippen molar-refractivity contribution in [2.45, 2.75) is 32.2 Å². The summed E-state index contributed by atoms with van der Waals surface area (Å²) in [4.78, 5) is 3.20. The summed E-state index contributed by atoms with van der Waals surface area (Å²) in [7, 11) is 0. The van der Waals surface area contributed by atoms with E-state index in [0.717, 1.165) is 19.0 Å². The average molecular weight is 232 g/mol. The molecule has 0 bridgehead atoms. The van der Waals surface area contributed by atoms with Gasteiger partial charge in [-0.2, -0.15) is 11.8 Å². The molecule has 0 saturated heterocycles. The first kappa shape index (κ1) is 12.3. The first-order valence-electron chi connectivity index (χ1n) is 5.34. The zero-order chi connectivity index (χ0) is 10.4. The van der Waals surface area contributed by atoms with Crippen LogP contribution in [-0.4, -0.2) is 40.5 Å². The van der Waals surface area contributed by atoms with Gasteiger partial charge in [0.25, 0.3) is 0 Å². The van der Waals surface area contributed by atoms with Crippen molar-refractivity contribution in [1.29, 1.82) is 0 Å². The molecule has 2 nitrogen and oxygen atoms in total. The standard InChI is InChI=1S/C10H20N2S2/c1-2-14-8-7-12(9-3-4-9)6-5-10(11)13/h9H,2-8H2,1H3,(H2,11,13). The van der Waals surface area contributed by atoms with Gasteiger partial charge in [0.2, 0.25) is 0 Å². The minimum absolute atomic E-state index is 0.652. The van der Waals surface area contributed by atoms with Gasteiger partial charge in [-0.25, -0.2) is 0 Å². The Labute approximate surface area is 96.6 Å². The largest absolute Gasteiger partial charge is 0.393 e. The van der Waals surface area contributed by atoms with Gasteiger partial charge >= 0.3 is 0 Å². The summed E-state index contributed by atoms with van der Waals surface area (Å²) in [5.41, 5.74) is 5.52. The third-order valence-electron chi connectivity index (χ3n) is 2.44. The van der Waals surface area contributed by atoms with Gasteiger partial charge in [-0.1, -0.05) is 19.1 Å². The number of thioether (sulfide) groups is 1. The van der Waals surface area contributed by atoms with Crippen molar-refractivity contribution in [2.24, 2.45) is 5.73 Å². The summed E-state index contributed by atoms with van der Waals surface area (Å²) in [5.74, 6) is 2.46. The van der Waals surface area contributed by atoms with Crippen molar-refractivity contribution < 1.29 is 0 Å². The highest BCUT2D eigenvalue weighted by molar-refractivity contribution is 7.99. The molecule has 0 spiro atoms. The first-order valence-corrected chi connectivity index (χ1v) is 6.90. The van der Waals surface area contributed by atoms with E-state index in [1.165, 1.54) is 30.9 Å². The van der Waals surface area contributed by atoms with Gasteiger partial charge in [0.1, 0.15) is 0 Å². The van der Waals surface area contributed by atoms with E-state index >= 15 is 0 Å². The number of hydrogen-bond donors (Lipinski definition) is 1. The molecule has 4 heteroatoms. The Kier molecular flexibility index (Phi) is 5.82. The molecule has 0 atom stereocenters. The SMILES string of the molecule is CCSCCN(CCC(N)=S)C1CC1. The summed E-state index contributed by atoms with van der Waals surface area (Å²) < 4.78 is 0. The van der Waals surface area contributed by atoms with E-state index in [4.69, 9.17) is 18.0 Å². The Hall–Kier alpha value is 0.200. The lowest BCUT2D eigenvalue weighted by Crippen LogP contribution is -2.31. The Balaban J connectivity index is 2.14. The van der Waals surface area contributed by atoms with Crippen LogP contribution < -0.4 is 5.73 Å². The van der Waals surface area contributed by atoms with Crippen LogP contribution in [0.25, 0.3) is 0 Å². The maximum Gasteiger partial charge on any atom is 0.0740 e. The molecular weight excluding hydrogens is 212 g/mol. The summed E-state index contributed by atoms with van der Waals surface area (Å²) in [5, 5.41) is 0. The first-order chi connectivity index (χ1) is 6.74. The smallest absolute Gasteiger partial charge is 0.0740 e. The van der Waals surface area contributed by atoms with Crippen molar-refractivity contribution in [3.05, 3.63) is 0 Å². The second-order valence-corrected chi connectivity index (χ2v) is 5.60. The van der Waals surface area contributed by atoms with E-state index in [1.54, 1.807) is 0 Å². The zero-order valence-electron chi connectivity index (χ0n) is 8.87. The molecule has 0 aromatic rings. The Bertz CT molecular complexity index is 181. The molecule has 0 radical (unpaired) electrons. The molecule has 2 N–H and O–H groups in total. The second kappa shape index (κ2) is 6.64. The van der Waals surface area contributed by atoms with E-state index in [0.29, 0.717) is 4.99 Å². The van der Waals surface area contributed by atoms with Crippen molar-refractivity contribution in [2.75, 3.05) is 24.6 Å². The Morgan fingerprint density at radius 3 is 2.71 bits per heavy atom. The van der Waals surface area contributed by atoms with Gasteiger partial charge in [0, 0.05) is 31.3 Å². The van der Waals surface area contributed by atoms with E-state index in [2.05, 4.69) is 11.8 Å². The van der Waals surface area contributed by atoms with Crippen molar-refractivity contribution in [3.8, 4) is 0 Å². The number of nitrogens with zero attached hydrogens (tertiary/aromatic N) is 1. The van der Waals surface area contributed by atoms with Gasteiger partial charge < -0.3 is 5.73 Å². The number of rotatable bonds is 8. The van der Waals surface area contributed by atoms with Gasteiger partial charge in [0.05, 0.1) is 4.99 Å². The fraction of sp³-hybridized carbons (Fsp3) is 0.900. The van der Waals surface area contributed by atoms with Crippen LogP contribution in [-0.2, 0) is 0 Å². The summed E-state index contributed by atoms with van der Waals surface area (Å²) in [6, 6.07) is 0.835. The molecule has 1 rings (SSSR count). The maximum absolute atomic E-state index is 5.52. The number of thiocarbonyl (C=S) groups is 1. The third kappa shape index (κ3) is 5.17. The van der Waals surface area contributed by atoms with Crippen molar-refractivity contribution in [3.63, 3.8) is 0 Å². The molecule has 0 heterocycles. The lowest BCUT2D eigenvalue weighted by molar-refractivity contribution is 0.289. The minimum Gasteiger partial charge on any atom is -0.393 e. The van der Waals surface area contributed by atoms with Crippen LogP contribution in [0.15, 0.2) is 0 Å². The Morgan fingerprint density at radius 1 is 1.50 bits per heavy atom. The van der Waals surface area contributed by atoms with Gasteiger partial charge in [0.15, 0.2) is 0 Å². The van der Waals surface area contributed by atoms with Crippen LogP contribution in [0.3, 0.4) is 0 Å². The molecule has 0 aliphatic heterocycles. The van der Waals surface area contributed by atoms with Crippen LogP contribution >= 0.6 is 24.0 Å². The maximum atomic E-state index is 5.52. The predicted molar refractivity (Wildman–Crippen MR) is 69.0 cm³/mol. The molecule has 14 heavy (non-hydrogen) atoms.